The Bertz CT molecular complexity index is 932. The first-order valence-electron chi connectivity index (χ1n) is 10.0. The summed E-state index contributed by atoms with van der Waals surface area (Å²) < 4.78 is 32.3. The number of hydrogen-bond donors (Lipinski definition) is 1. The van der Waals surface area contributed by atoms with Gasteiger partial charge in [-0.25, -0.2) is 13.6 Å². The van der Waals surface area contributed by atoms with Crippen molar-refractivity contribution in [1.82, 2.24) is 4.98 Å². The summed E-state index contributed by atoms with van der Waals surface area (Å²) in [7, 11) is 0. The minimum atomic E-state index is -2.35. The molecule has 0 bridgehead atoms. The first kappa shape index (κ1) is 22.6. The Balaban J connectivity index is 2.18. The van der Waals surface area contributed by atoms with Gasteiger partial charge in [0.25, 0.3) is 0 Å². The number of aliphatic carboxylic acids is 1. The lowest BCUT2D eigenvalue weighted by molar-refractivity contribution is -0.160. The van der Waals surface area contributed by atoms with Crippen LogP contribution in [0.25, 0.3) is 16.0 Å². The second-order valence-electron chi connectivity index (χ2n) is 8.56. The van der Waals surface area contributed by atoms with E-state index in [0.717, 1.165) is 26.5 Å². The lowest BCUT2D eigenvalue weighted by Crippen LogP contribution is -2.28. The van der Waals surface area contributed by atoms with Crippen LogP contribution in [0.3, 0.4) is 0 Å². The van der Waals surface area contributed by atoms with Crippen molar-refractivity contribution >= 4 is 22.9 Å². The fourth-order valence-corrected chi connectivity index (χ4v) is 5.02. The van der Waals surface area contributed by atoms with E-state index in [-0.39, 0.29) is 6.42 Å². The molecule has 162 valence electrons. The van der Waals surface area contributed by atoms with Crippen LogP contribution in [0.15, 0.2) is 30.6 Å². The van der Waals surface area contributed by atoms with E-state index in [0.29, 0.717) is 18.4 Å². The predicted octanol–water partition coefficient (Wildman–Crippen LogP) is 6.51. The number of carboxylic acid groups (broad SMARTS) is 1. The molecule has 1 aliphatic rings. The third-order valence-corrected chi connectivity index (χ3v) is 6.33. The third kappa shape index (κ3) is 4.95. The first-order valence-corrected chi connectivity index (χ1v) is 10.8. The van der Waals surface area contributed by atoms with Gasteiger partial charge in [0.2, 0.25) is 6.43 Å². The summed E-state index contributed by atoms with van der Waals surface area (Å²) in [5.41, 5.74) is 2.62. The summed E-state index contributed by atoms with van der Waals surface area (Å²) >= 11 is 1.51. The molecule has 7 heteroatoms. The van der Waals surface area contributed by atoms with Crippen molar-refractivity contribution in [3.63, 3.8) is 0 Å². The molecule has 0 aromatic carbocycles. The smallest absolute Gasteiger partial charge is 0.337 e. The Labute approximate surface area is 179 Å². The van der Waals surface area contributed by atoms with E-state index in [1.54, 1.807) is 12.4 Å². The highest BCUT2D eigenvalue weighted by molar-refractivity contribution is 7.16. The Morgan fingerprint density at radius 3 is 2.47 bits per heavy atom. The number of thiophene rings is 1. The van der Waals surface area contributed by atoms with Crippen LogP contribution in [0, 0.1) is 12.8 Å². The van der Waals surface area contributed by atoms with Gasteiger partial charge in [-0.2, -0.15) is 0 Å². The molecule has 0 spiro atoms. The average molecular weight is 436 g/mol. The number of pyridine rings is 1. The summed E-state index contributed by atoms with van der Waals surface area (Å²) in [5, 5.41) is 9.98. The molecule has 2 atom stereocenters. The zero-order valence-electron chi connectivity index (χ0n) is 17.6. The molecule has 2 heterocycles. The highest BCUT2D eigenvalue weighted by atomic mass is 32.1. The maximum absolute atomic E-state index is 13.2. The molecule has 2 aromatic rings. The molecule has 2 aromatic heterocycles. The summed E-state index contributed by atoms with van der Waals surface area (Å²) in [6.07, 6.45) is 2.90. The summed E-state index contributed by atoms with van der Waals surface area (Å²) in [4.78, 5) is 18.1. The highest BCUT2D eigenvalue weighted by Crippen LogP contribution is 2.47. The molecular weight excluding hydrogens is 408 g/mol. The molecule has 0 amide bonds. The number of halogens is 2. The predicted molar refractivity (Wildman–Crippen MR) is 115 cm³/mol. The lowest BCUT2D eigenvalue weighted by Gasteiger charge is -2.28. The van der Waals surface area contributed by atoms with Crippen LogP contribution in [-0.2, 0) is 9.53 Å². The van der Waals surface area contributed by atoms with Crippen molar-refractivity contribution in [2.45, 2.75) is 65.1 Å². The Hall–Kier alpha value is -2.12. The minimum absolute atomic E-state index is 0.287. The summed E-state index contributed by atoms with van der Waals surface area (Å²) in [6.45, 7) is 7.35. The number of ether oxygens (including phenoxy) is 1. The SMILES string of the molecule is Cc1sc(-c2ccncc2)c(C2=CCC(C(F)F)CC2)c1C(OC(C)(C)C)C(=O)O. The number of carbonyl (C=O) groups is 1. The van der Waals surface area contributed by atoms with Crippen molar-refractivity contribution < 1.29 is 23.4 Å². The average Bonchev–Trinajstić information content (AvgIpc) is 3.03. The summed E-state index contributed by atoms with van der Waals surface area (Å²) in [6, 6.07) is 3.76. The van der Waals surface area contributed by atoms with Gasteiger partial charge in [-0.05, 0) is 70.2 Å². The molecular formula is C23H27F2NO3S. The molecule has 0 fully saturated rings. The second-order valence-corrected chi connectivity index (χ2v) is 9.78. The largest absolute Gasteiger partial charge is 0.479 e. The van der Waals surface area contributed by atoms with Gasteiger partial charge in [-0.1, -0.05) is 6.08 Å². The number of hydrogen-bond acceptors (Lipinski definition) is 4. The van der Waals surface area contributed by atoms with Gasteiger partial charge in [0.1, 0.15) is 0 Å². The molecule has 1 N–H and O–H groups in total. The standard InChI is InChI=1S/C23H27F2NO3S/c1-13-17(19(22(27)28)29-23(2,3)4)18(14-5-7-16(8-6-14)21(24)25)20(30-13)15-9-11-26-12-10-15/h5,9-12,16,19,21H,6-8H2,1-4H3,(H,27,28). The first-order chi connectivity index (χ1) is 14.1. The fourth-order valence-electron chi connectivity index (χ4n) is 3.80. The summed E-state index contributed by atoms with van der Waals surface area (Å²) in [5.74, 6) is -1.71. The van der Waals surface area contributed by atoms with Crippen molar-refractivity contribution in [3.05, 3.63) is 46.6 Å². The van der Waals surface area contributed by atoms with Crippen molar-refractivity contribution in [1.29, 1.82) is 0 Å². The van der Waals surface area contributed by atoms with Crippen molar-refractivity contribution in [2.24, 2.45) is 5.92 Å². The molecule has 0 saturated heterocycles. The maximum atomic E-state index is 13.2. The van der Waals surface area contributed by atoms with Gasteiger partial charge < -0.3 is 9.84 Å². The fraction of sp³-hybridized carbons (Fsp3) is 0.478. The van der Waals surface area contributed by atoms with Crippen molar-refractivity contribution in [2.75, 3.05) is 0 Å². The monoisotopic (exact) mass is 435 g/mol. The van der Waals surface area contributed by atoms with Gasteiger partial charge in [0.05, 0.1) is 5.60 Å². The van der Waals surface area contributed by atoms with E-state index in [1.165, 1.54) is 11.3 Å². The number of aromatic nitrogens is 1. The van der Waals surface area contributed by atoms with Gasteiger partial charge in [0, 0.05) is 39.2 Å². The van der Waals surface area contributed by atoms with Crippen molar-refractivity contribution in [3.8, 4) is 10.4 Å². The van der Waals surface area contributed by atoms with Crippen LogP contribution in [0.5, 0.6) is 0 Å². The van der Waals surface area contributed by atoms with E-state index in [2.05, 4.69) is 4.98 Å². The van der Waals surface area contributed by atoms with Crippen LogP contribution in [0.1, 0.15) is 62.1 Å². The third-order valence-electron chi connectivity index (χ3n) is 5.16. The normalized spacial score (nSPS) is 18.4. The lowest BCUT2D eigenvalue weighted by atomic mass is 9.83. The zero-order chi connectivity index (χ0) is 22.1. The van der Waals surface area contributed by atoms with Crippen LogP contribution < -0.4 is 0 Å². The Kier molecular flexibility index (Phi) is 6.72. The Morgan fingerprint density at radius 2 is 1.97 bits per heavy atom. The second kappa shape index (κ2) is 8.94. The topological polar surface area (TPSA) is 59.4 Å². The number of nitrogens with zero attached hydrogens (tertiary/aromatic N) is 1. The molecule has 1 aliphatic carbocycles. The molecule has 30 heavy (non-hydrogen) atoms. The van der Waals surface area contributed by atoms with E-state index in [4.69, 9.17) is 4.74 Å². The number of alkyl halides is 2. The van der Waals surface area contributed by atoms with E-state index < -0.39 is 30.0 Å². The van der Waals surface area contributed by atoms with Gasteiger partial charge in [-0.15, -0.1) is 11.3 Å². The van der Waals surface area contributed by atoms with Gasteiger partial charge >= 0.3 is 5.97 Å². The highest BCUT2D eigenvalue weighted by Gasteiger charge is 2.35. The van der Waals surface area contributed by atoms with Gasteiger partial charge in [-0.3, -0.25) is 4.98 Å². The van der Waals surface area contributed by atoms with Crippen LogP contribution >= 0.6 is 11.3 Å². The number of aryl methyl sites for hydroxylation is 1. The molecule has 0 aliphatic heterocycles. The number of carboxylic acids is 1. The molecule has 4 nitrogen and oxygen atoms in total. The molecule has 3 rings (SSSR count). The maximum Gasteiger partial charge on any atom is 0.337 e. The van der Waals surface area contributed by atoms with E-state index >= 15 is 0 Å². The minimum Gasteiger partial charge on any atom is -0.479 e. The van der Waals surface area contributed by atoms with Gasteiger partial charge in [0.15, 0.2) is 6.10 Å². The molecule has 0 radical (unpaired) electrons. The number of allylic oxidation sites excluding steroid dienone is 2. The van der Waals surface area contributed by atoms with E-state index in [1.807, 2.05) is 45.9 Å². The van der Waals surface area contributed by atoms with E-state index in [9.17, 15) is 18.7 Å². The number of rotatable bonds is 6. The Morgan fingerprint density at radius 1 is 1.30 bits per heavy atom. The van der Waals surface area contributed by atoms with Crippen LogP contribution in [0.2, 0.25) is 0 Å². The zero-order valence-corrected chi connectivity index (χ0v) is 18.4. The quantitative estimate of drug-likeness (QED) is 0.562. The van der Waals surface area contributed by atoms with Crippen LogP contribution in [-0.4, -0.2) is 28.1 Å². The molecule has 2 unspecified atom stereocenters. The molecule has 0 saturated carbocycles. The van der Waals surface area contributed by atoms with Crippen LogP contribution in [0.4, 0.5) is 8.78 Å².